The Hall–Kier alpha value is -0.870. The Morgan fingerprint density at radius 1 is 1.53 bits per heavy atom. The molecule has 2 atom stereocenters. The van der Waals surface area contributed by atoms with E-state index >= 15 is 0 Å². The van der Waals surface area contributed by atoms with Gasteiger partial charge in [-0.15, -0.1) is 0 Å². The number of aromatic nitrogens is 2. The SMILES string of the molecule is CCC(C)C1CN(Cc2cnn(C)c2)C(C)(C)CN1. The lowest BCUT2D eigenvalue weighted by Crippen LogP contribution is -2.62. The summed E-state index contributed by atoms with van der Waals surface area (Å²) in [6.45, 7) is 12.4. The molecule has 19 heavy (non-hydrogen) atoms. The van der Waals surface area contributed by atoms with Gasteiger partial charge in [-0.25, -0.2) is 0 Å². The summed E-state index contributed by atoms with van der Waals surface area (Å²) in [6.07, 6.45) is 5.34. The second-order valence-electron chi connectivity index (χ2n) is 6.59. The van der Waals surface area contributed by atoms with Gasteiger partial charge < -0.3 is 5.32 Å². The van der Waals surface area contributed by atoms with E-state index in [-0.39, 0.29) is 5.54 Å². The molecule has 0 amide bonds. The van der Waals surface area contributed by atoms with Gasteiger partial charge in [-0.05, 0) is 19.8 Å². The Labute approximate surface area is 117 Å². The molecule has 0 radical (unpaired) electrons. The molecule has 108 valence electrons. The van der Waals surface area contributed by atoms with Crippen molar-refractivity contribution in [1.29, 1.82) is 0 Å². The molecule has 1 aliphatic rings. The maximum absolute atomic E-state index is 4.27. The van der Waals surface area contributed by atoms with Crippen molar-refractivity contribution in [3.63, 3.8) is 0 Å². The van der Waals surface area contributed by atoms with Crippen LogP contribution in [-0.2, 0) is 13.6 Å². The van der Waals surface area contributed by atoms with Crippen LogP contribution in [0.25, 0.3) is 0 Å². The molecule has 0 bridgehead atoms. The summed E-state index contributed by atoms with van der Waals surface area (Å²) >= 11 is 0. The van der Waals surface area contributed by atoms with Crippen LogP contribution in [0.4, 0.5) is 0 Å². The molecule has 2 rings (SSSR count). The van der Waals surface area contributed by atoms with Gasteiger partial charge in [0, 0.05) is 50.0 Å². The maximum atomic E-state index is 4.27. The fourth-order valence-electron chi connectivity index (χ4n) is 2.76. The van der Waals surface area contributed by atoms with Gasteiger partial charge >= 0.3 is 0 Å². The van der Waals surface area contributed by atoms with Crippen molar-refractivity contribution in [3.8, 4) is 0 Å². The predicted molar refractivity (Wildman–Crippen MR) is 78.9 cm³/mol. The molecule has 0 aliphatic carbocycles. The van der Waals surface area contributed by atoms with Gasteiger partial charge in [0.05, 0.1) is 6.20 Å². The molecule has 2 unspecified atom stereocenters. The van der Waals surface area contributed by atoms with Crippen LogP contribution >= 0.6 is 0 Å². The molecule has 2 heterocycles. The molecule has 4 nitrogen and oxygen atoms in total. The standard InChI is InChI=1S/C15H28N4/c1-6-12(2)14-10-19(15(3,4)11-16-14)9-13-7-17-18(5)8-13/h7-8,12,14,16H,6,9-11H2,1-5H3. The monoisotopic (exact) mass is 264 g/mol. The second-order valence-corrected chi connectivity index (χ2v) is 6.59. The van der Waals surface area contributed by atoms with Crippen LogP contribution in [0.15, 0.2) is 12.4 Å². The van der Waals surface area contributed by atoms with Gasteiger partial charge in [-0.3, -0.25) is 9.58 Å². The average molecular weight is 264 g/mol. The number of hydrogen-bond donors (Lipinski definition) is 1. The van der Waals surface area contributed by atoms with Crippen molar-refractivity contribution < 1.29 is 0 Å². The summed E-state index contributed by atoms with van der Waals surface area (Å²) in [6, 6.07) is 0.606. The second kappa shape index (κ2) is 5.63. The smallest absolute Gasteiger partial charge is 0.0534 e. The summed E-state index contributed by atoms with van der Waals surface area (Å²) in [7, 11) is 1.98. The first-order valence-electron chi connectivity index (χ1n) is 7.38. The molecule has 0 saturated carbocycles. The molecule has 0 spiro atoms. The van der Waals surface area contributed by atoms with Crippen LogP contribution in [0.3, 0.4) is 0 Å². The largest absolute Gasteiger partial charge is 0.311 e. The van der Waals surface area contributed by atoms with Crippen molar-refractivity contribution in [1.82, 2.24) is 20.0 Å². The third kappa shape index (κ3) is 3.37. The first-order valence-corrected chi connectivity index (χ1v) is 7.38. The predicted octanol–water partition coefficient (Wildman–Crippen LogP) is 2.02. The van der Waals surface area contributed by atoms with Gasteiger partial charge in [0.2, 0.25) is 0 Å². The van der Waals surface area contributed by atoms with Crippen LogP contribution in [0, 0.1) is 5.92 Å². The Bertz CT molecular complexity index is 410. The van der Waals surface area contributed by atoms with E-state index in [9.17, 15) is 0 Å². The minimum atomic E-state index is 0.208. The third-order valence-corrected chi connectivity index (χ3v) is 4.53. The number of hydrogen-bond acceptors (Lipinski definition) is 3. The molecule has 1 aromatic heterocycles. The number of rotatable bonds is 4. The van der Waals surface area contributed by atoms with E-state index in [4.69, 9.17) is 0 Å². The highest BCUT2D eigenvalue weighted by molar-refractivity contribution is 5.06. The summed E-state index contributed by atoms with van der Waals surface area (Å²) in [4.78, 5) is 2.59. The first-order chi connectivity index (χ1) is 8.92. The maximum Gasteiger partial charge on any atom is 0.0534 e. The van der Waals surface area contributed by atoms with Gasteiger partial charge in [0.25, 0.3) is 0 Å². The first kappa shape index (κ1) is 14.5. The normalized spacial score (nSPS) is 25.4. The molecule has 1 aliphatic heterocycles. The Morgan fingerprint density at radius 3 is 2.84 bits per heavy atom. The molecular formula is C15H28N4. The number of nitrogens with one attached hydrogen (secondary N) is 1. The van der Waals surface area contributed by atoms with Crippen molar-refractivity contribution in [2.75, 3.05) is 13.1 Å². The highest BCUT2D eigenvalue weighted by atomic mass is 15.3. The molecule has 4 heteroatoms. The minimum absolute atomic E-state index is 0.208. The van der Waals surface area contributed by atoms with Gasteiger partial charge in [-0.1, -0.05) is 20.3 Å². The fraction of sp³-hybridized carbons (Fsp3) is 0.800. The minimum Gasteiger partial charge on any atom is -0.311 e. The third-order valence-electron chi connectivity index (χ3n) is 4.53. The highest BCUT2D eigenvalue weighted by Gasteiger charge is 2.35. The molecule has 1 N–H and O–H groups in total. The average Bonchev–Trinajstić information content (AvgIpc) is 2.76. The van der Waals surface area contributed by atoms with Crippen LogP contribution in [0.2, 0.25) is 0 Å². The van der Waals surface area contributed by atoms with Crippen molar-refractivity contribution >= 4 is 0 Å². The number of piperazine rings is 1. The molecular weight excluding hydrogens is 236 g/mol. The van der Waals surface area contributed by atoms with Gasteiger partial charge in [0.1, 0.15) is 0 Å². The van der Waals surface area contributed by atoms with Crippen LogP contribution in [-0.4, -0.2) is 39.4 Å². The lowest BCUT2D eigenvalue weighted by Gasteiger charge is -2.47. The van der Waals surface area contributed by atoms with Crippen molar-refractivity contribution in [2.24, 2.45) is 13.0 Å². The summed E-state index contributed by atoms with van der Waals surface area (Å²) in [5.74, 6) is 0.729. The lowest BCUT2D eigenvalue weighted by atomic mass is 9.90. The number of aryl methyl sites for hydroxylation is 1. The van der Waals surface area contributed by atoms with Gasteiger partial charge in [0.15, 0.2) is 0 Å². The van der Waals surface area contributed by atoms with Gasteiger partial charge in [-0.2, -0.15) is 5.10 Å². The highest BCUT2D eigenvalue weighted by Crippen LogP contribution is 2.24. The Kier molecular flexibility index (Phi) is 4.31. The zero-order chi connectivity index (χ0) is 14.0. The zero-order valence-corrected chi connectivity index (χ0v) is 13.0. The number of nitrogens with zero attached hydrogens (tertiary/aromatic N) is 3. The quantitative estimate of drug-likeness (QED) is 0.903. The van der Waals surface area contributed by atoms with Crippen molar-refractivity contribution in [3.05, 3.63) is 18.0 Å². The molecule has 1 fully saturated rings. The topological polar surface area (TPSA) is 33.1 Å². The van der Waals surface area contributed by atoms with E-state index in [0.29, 0.717) is 6.04 Å². The lowest BCUT2D eigenvalue weighted by molar-refractivity contribution is 0.0448. The summed E-state index contributed by atoms with van der Waals surface area (Å²) < 4.78 is 1.89. The molecule has 1 aromatic rings. The van der Waals surface area contributed by atoms with Crippen molar-refractivity contribution in [2.45, 2.75) is 52.2 Å². The van der Waals surface area contributed by atoms with Crippen LogP contribution in [0.5, 0.6) is 0 Å². The summed E-state index contributed by atoms with van der Waals surface area (Å²) in [5, 5.41) is 7.99. The van der Waals surface area contributed by atoms with E-state index < -0.39 is 0 Å². The molecule has 0 aromatic carbocycles. The Balaban J connectivity index is 2.06. The Morgan fingerprint density at radius 2 is 2.26 bits per heavy atom. The summed E-state index contributed by atoms with van der Waals surface area (Å²) in [5.41, 5.74) is 1.51. The van der Waals surface area contributed by atoms with E-state index in [0.717, 1.165) is 25.6 Å². The fourth-order valence-corrected chi connectivity index (χ4v) is 2.76. The van der Waals surface area contributed by atoms with E-state index in [1.54, 1.807) is 0 Å². The van der Waals surface area contributed by atoms with Crippen LogP contribution < -0.4 is 5.32 Å². The van der Waals surface area contributed by atoms with E-state index in [1.165, 1.54) is 12.0 Å². The molecule has 1 saturated heterocycles. The zero-order valence-electron chi connectivity index (χ0n) is 13.0. The van der Waals surface area contributed by atoms with E-state index in [1.807, 2.05) is 17.9 Å². The van der Waals surface area contributed by atoms with E-state index in [2.05, 4.69) is 49.2 Å². The van der Waals surface area contributed by atoms with Crippen LogP contribution in [0.1, 0.15) is 39.7 Å².